The normalized spacial score (nSPS) is 13.1. The molecule has 0 bridgehead atoms. The Morgan fingerprint density at radius 3 is 2.57 bits per heavy atom. The summed E-state index contributed by atoms with van der Waals surface area (Å²) in [5.41, 5.74) is 1.19. The van der Waals surface area contributed by atoms with Crippen molar-refractivity contribution in [1.29, 1.82) is 0 Å². The van der Waals surface area contributed by atoms with Gasteiger partial charge >= 0.3 is 0 Å². The van der Waals surface area contributed by atoms with Crippen molar-refractivity contribution in [3.8, 4) is 0 Å². The van der Waals surface area contributed by atoms with E-state index < -0.39 is 0 Å². The highest BCUT2D eigenvalue weighted by Crippen LogP contribution is 2.36. The summed E-state index contributed by atoms with van der Waals surface area (Å²) in [6.07, 6.45) is 1.74. The number of halogens is 1. The SMILES string of the molecule is Cc1ccc(C(Br)c2occc2C)s1. The van der Waals surface area contributed by atoms with Crippen LogP contribution in [0, 0.1) is 13.8 Å². The van der Waals surface area contributed by atoms with Gasteiger partial charge in [0.25, 0.3) is 0 Å². The average Bonchev–Trinajstić information content (AvgIpc) is 2.73. The first-order valence-electron chi connectivity index (χ1n) is 4.43. The Morgan fingerprint density at radius 1 is 1.29 bits per heavy atom. The second kappa shape index (κ2) is 3.91. The van der Waals surface area contributed by atoms with Crippen LogP contribution in [-0.2, 0) is 0 Å². The summed E-state index contributed by atoms with van der Waals surface area (Å²) in [6.45, 7) is 4.18. The first kappa shape index (κ1) is 9.99. The molecule has 0 aliphatic rings. The molecule has 0 saturated heterocycles. The lowest BCUT2D eigenvalue weighted by Crippen LogP contribution is -1.88. The monoisotopic (exact) mass is 270 g/mol. The topological polar surface area (TPSA) is 13.1 Å². The van der Waals surface area contributed by atoms with E-state index in [0.717, 1.165) is 5.76 Å². The van der Waals surface area contributed by atoms with E-state index in [0.29, 0.717) is 0 Å². The van der Waals surface area contributed by atoms with Gasteiger partial charge < -0.3 is 4.42 Å². The van der Waals surface area contributed by atoms with Crippen molar-refractivity contribution >= 4 is 27.3 Å². The summed E-state index contributed by atoms with van der Waals surface area (Å²) in [5.74, 6) is 1.01. The van der Waals surface area contributed by atoms with Crippen molar-refractivity contribution in [2.24, 2.45) is 0 Å². The van der Waals surface area contributed by atoms with Crippen molar-refractivity contribution in [3.05, 3.63) is 45.5 Å². The fourth-order valence-electron chi connectivity index (χ4n) is 1.36. The number of hydrogen-bond donors (Lipinski definition) is 0. The molecule has 1 atom stereocenters. The van der Waals surface area contributed by atoms with Crippen molar-refractivity contribution in [1.82, 2.24) is 0 Å². The minimum absolute atomic E-state index is 0.191. The van der Waals surface area contributed by atoms with E-state index in [1.807, 2.05) is 6.07 Å². The minimum atomic E-state index is 0.191. The molecule has 0 radical (unpaired) electrons. The van der Waals surface area contributed by atoms with Gasteiger partial charge in [0.05, 0.1) is 6.26 Å². The Balaban J connectivity index is 2.33. The number of alkyl halides is 1. The third-order valence-corrected chi connectivity index (χ3v) is 4.42. The van der Waals surface area contributed by atoms with Crippen molar-refractivity contribution in [3.63, 3.8) is 0 Å². The first-order valence-corrected chi connectivity index (χ1v) is 6.16. The van der Waals surface area contributed by atoms with Gasteiger partial charge in [-0.2, -0.15) is 0 Å². The molecule has 3 heteroatoms. The largest absolute Gasteiger partial charge is 0.467 e. The van der Waals surface area contributed by atoms with Crippen molar-refractivity contribution in [2.45, 2.75) is 18.7 Å². The zero-order chi connectivity index (χ0) is 10.1. The lowest BCUT2D eigenvalue weighted by molar-refractivity contribution is 0.518. The average molecular weight is 271 g/mol. The standard InChI is InChI=1S/C11H11BrOS/c1-7-5-6-13-11(7)10(12)9-4-3-8(2)14-9/h3-6,10H,1-2H3. The van der Waals surface area contributed by atoms with Crippen LogP contribution in [0.4, 0.5) is 0 Å². The number of furan rings is 1. The molecule has 0 aliphatic carbocycles. The van der Waals surface area contributed by atoms with Gasteiger partial charge in [-0.25, -0.2) is 0 Å². The molecule has 0 saturated carbocycles. The second-order valence-electron chi connectivity index (χ2n) is 3.28. The Labute approximate surface area is 95.9 Å². The predicted octanol–water partition coefficient (Wildman–Crippen LogP) is 4.44. The summed E-state index contributed by atoms with van der Waals surface area (Å²) in [5, 5.41) is 0. The number of aryl methyl sites for hydroxylation is 2. The van der Waals surface area contributed by atoms with Crippen LogP contribution < -0.4 is 0 Å². The van der Waals surface area contributed by atoms with Gasteiger partial charge in [-0.15, -0.1) is 11.3 Å². The molecule has 0 N–H and O–H groups in total. The molecule has 0 aromatic carbocycles. The number of hydrogen-bond acceptors (Lipinski definition) is 2. The molecule has 74 valence electrons. The van der Waals surface area contributed by atoms with Crippen LogP contribution in [0.1, 0.15) is 25.9 Å². The molecule has 0 spiro atoms. The summed E-state index contributed by atoms with van der Waals surface area (Å²) in [4.78, 5) is 2.81. The third kappa shape index (κ3) is 1.79. The molecule has 14 heavy (non-hydrogen) atoms. The second-order valence-corrected chi connectivity index (χ2v) is 5.51. The van der Waals surface area contributed by atoms with E-state index >= 15 is 0 Å². The van der Waals surface area contributed by atoms with Gasteiger partial charge in [0.2, 0.25) is 0 Å². The van der Waals surface area contributed by atoms with E-state index in [9.17, 15) is 0 Å². The van der Waals surface area contributed by atoms with E-state index in [1.54, 1.807) is 17.6 Å². The molecule has 1 nitrogen and oxygen atoms in total. The molecule has 0 fully saturated rings. The van der Waals surface area contributed by atoms with Crippen LogP contribution in [0.3, 0.4) is 0 Å². The maximum atomic E-state index is 5.45. The summed E-state index contributed by atoms with van der Waals surface area (Å²) >= 11 is 5.45. The van der Waals surface area contributed by atoms with Gasteiger partial charge in [0.1, 0.15) is 10.6 Å². The van der Waals surface area contributed by atoms with E-state index in [4.69, 9.17) is 4.42 Å². The Bertz CT molecular complexity index is 430. The van der Waals surface area contributed by atoms with Gasteiger partial charge in [0.15, 0.2) is 0 Å². The molecule has 2 rings (SSSR count). The molecule has 2 aromatic heterocycles. The molecule has 1 unspecified atom stereocenters. The van der Waals surface area contributed by atoms with Crippen LogP contribution >= 0.6 is 27.3 Å². The van der Waals surface area contributed by atoms with Gasteiger partial charge in [0, 0.05) is 9.75 Å². The van der Waals surface area contributed by atoms with Crippen LogP contribution in [-0.4, -0.2) is 0 Å². The summed E-state index contributed by atoms with van der Waals surface area (Å²) in [7, 11) is 0. The number of rotatable bonds is 2. The van der Waals surface area contributed by atoms with Crippen LogP contribution in [0.2, 0.25) is 0 Å². The Kier molecular flexibility index (Phi) is 2.79. The van der Waals surface area contributed by atoms with Crippen LogP contribution in [0.5, 0.6) is 0 Å². The smallest absolute Gasteiger partial charge is 0.125 e. The lowest BCUT2D eigenvalue weighted by Gasteiger charge is -2.04. The Hall–Kier alpha value is -0.540. The molecule has 0 aliphatic heterocycles. The molecule has 0 amide bonds. The quantitative estimate of drug-likeness (QED) is 0.736. The fraction of sp³-hybridized carbons (Fsp3) is 0.273. The molecular formula is C11H11BrOS. The fourth-order valence-corrected chi connectivity index (χ4v) is 3.12. The van der Waals surface area contributed by atoms with Gasteiger partial charge in [-0.05, 0) is 37.6 Å². The minimum Gasteiger partial charge on any atom is -0.467 e. The van der Waals surface area contributed by atoms with Gasteiger partial charge in [-0.1, -0.05) is 15.9 Å². The van der Waals surface area contributed by atoms with E-state index in [2.05, 4.69) is 41.9 Å². The highest BCUT2D eigenvalue weighted by Gasteiger charge is 2.17. The van der Waals surface area contributed by atoms with Crippen LogP contribution in [0.15, 0.2) is 28.9 Å². The highest BCUT2D eigenvalue weighted by molar-refractivity contribution is 9.09. The van der Waals surface area contributed by atoms with Crippen LogP contribution in [0.25, 0.3) is 0 Å². The third-order valence-electron chi connectivity index (χ3n) is 2.14. The van der Waals surface area contributed by atoms with E-state index in [1.165, 1.54) is 15.3 Å². The van der Waals surface area contributed by atoms with Gasteiger partial charge in [-0.3, -0.25) is 0 Å². The zero-order valence-corrected chi connectivity index (χ0v) is 10.5. The number of thiophene rings is 1. The first-order chi connectivity index (χ1) is 6.68. The molecule has 2 heterocycles. The van der Waals surface area contributed by atoms with Crippen molar-refractivity contribution in [2.75, 3.05) is 0 Å². The highest BCUT2D eigenvalue weighted by atomic mass is 79.9. The summed E-state index contributed by atoms with van der Waals surface area (Å²) in [6, 6.07) is 6.26. The molecular weight excluding hydrogens is 260 g/mol. The lowest BCUT2D eigenvalue weighted by atomic mass is 10.2. The maximum Gasteiger partial charge on any atom is 0.125 e. The zero-order valence-electron chi connectivity index (χ0n) is 8.08. The molecule has 2 aromatic rings. The maximum absolute atomic E-state index is 5.45. The van der Waals surface area contributed by atoms with E-state index in [-0.39, 0.29) is 4.83 Å². The van der Waals surface area contributed by atoms with Crippen molar-refractivity contribution < 1.29 is 4.42 Å². The Morgan fingerprint density at radius 2 is 2.07 bits per heavy atom. The predicted molar refractivity (Wildman–Crippen MR) is 63.3 cm³/mol. The summed E-state index contributed by atoms with van der Waals surface area (Å²) < 4.78 is 5.45.